The Bertz CT molecular complexity index is 1220. The first kappa shape index (κ1) is 27.9. The van der Waals surface area contributed by atoms with Crippen LogP contribution in [0.2, 0.25) is 0 Å². The van der Waals surface area contributed by atoms with E-state index in [1.165, 1.54) is 10.4 Å². The first-order chi connectivity index (χ1) is 18.3. The zero-order valence-corrected chi connectivity index (χ0v) is 24.1. The van der Waals surface area contributed by atoms with Crippen LogP contribution in [-0.2, 0) is 11.2 Å². The molecule has 0 N–H and O–H groups in total. The summed E-state index contributed by atoms with van der Waals surface area (Å²) < 4.78 is 6.23. The lowest BCUT2D eigenvalue weighted by Gasteiger charge is -2.37. The van der Waals surface area contributed by atoms with Crippen LogP contribution in [0.4, 0.5) is 0 Å². The van der Waals surface area contributed by atoms with E-state index in [0.29, 0.717) is 37.1 Å². The van der Waals surface area contributed by atoms with E-state index in [9.17, 15) is 9.59 Å². The quantitative estimate of drug-likeness (QED) is 0.286. The van der Waals surface area contributed by atoms with Crippen LogP contribution in [0, 0.1) is 12.8 Å². The Labute approximate surface area is 231 Å². The molecule has 2 heterocycles. The largest absolute Gasteiger partial charge is 0.491 e. The minimum absolute atomic E-state index is 0.0330. The molecular weight excluding hydrogens is 492 g/mol. The summed E-state index contributed by atoms with van der Waals surface area (Å²) in [7, 11) is 0. The second-order valence-corrected chi connectivity index (χ2v) is 11.8. The second kappa shape index (κ2) is 12.6. The van der Waals surface area contributed by atoms with Crippen molar-refractivity contribution < 1.29 is 14.3 Å². The Morgan fingerprint density at radius 3 is 2.42 bits per heavy atom. The maximum Gasteiger partial charge on any atom is 0.254 e. The van der Waals surface area contributed by atoms with Gasteiger partial charge in [-0.2, -0.15) is 0 Å². The molecule has 6 heteroatoms. The number of rotatable bonds is 10. The van der Waals surface area contributed by atoms with Crippen LogP contribution in [-0.4, -0.2) is 47.9 Å². The van der Waals surface area contributed by atoms with E-state index >= 15 is 0 Å². The molecule has 4 rings (SSSR count). The van der Waals surface area contributed by atoms with Crippen molar-refractivity contribution in [2.75, 3.05) is 26.2 Å². The highest BCUT2D eigenvalue weighted by Gasteiger charge is 2.34. The van der Waals surface area contributed by atoms with E-state index < -0.39 is 0 Å². The van der Waals surface area contributed by atoms with Crippen molar-refractivity contribution in [2.24, 2.45) is 5.92 Å². The van der Waals surface area contributed by atoms with E-state index in [-0.39, 0.29) is 24.4 Å². The van der Waals surface area contributed by atoms with Gasteiger partial charge < -0.3 is 14.5 Å². The van der Waals surface area contributed by atoms with Crippen LogP contribution in [0.5, 0.6) is 5.75 Å². The number of thiophene rings is 1. The van der Waals surface area contributed by atoms with Crippen LogP contribution in [0.1, 0.15) is 78.0 Å². The second-order valence-electron chi connectivity index (χ2n) is 10.8. The molecule has 5 nitrogen and oxygen atoms in total. The summed E-state index contributed by atoms with van der Waals surface area (Å²) in [6.07, 6.45) is 1.77. The van der Waals surface area contributed by atoms with E-state index in [4.69, 9.17) is 4.74 Å². The number of ether oxygens (including phenoxy) is 1. The molecule has 0 aliphatic carbocycles. The number of carbonyl (C=O) groups excluding carboxylic acids is 2. The zero-order valence-electron chi connectivity index (χ0n) is 23.3. The molecule has 2 atom stereocenters. The highest BCUT2D eigenvalue weighted by atomic mass is 32.1. The fourth-order valence-corrected chi connectivity index (χ4v) is 5.78. The van der Waals surface area contributed by atoms with Gasteiger partial charge >= 0.3 is 0 Å². The Balaban J connectivity index is 1.52. The van der Waals surface area contributed by atoms with Crippen molar-refractivity contribution in [2.45, 2.75) is 59.4 Å². The van der Waals surface area contributed by atoms with Gasteiger partial charge in [-0.1, -0.05) is 63.9 Å². The topological polar surface area (TPSA) is 49.9 Å². The van der Waals surface area contributed by atoms with Gasteiger partial charge in [0.1, 0.15) is 18.9 Å². The molecule has 1 aromatic heterocycles. The molecular formula is C32H40N2O3S. The number of hydrogen-bond acceptors (Lipinski definition) is 4. The van der Waals surface area contributed by atoms with Crippen LogP contribution >= 0.6 is 11.3 Å². The van der Waals surface area contributed by atoms with Gasteiger partial charge in [0.25, 0.3) is 5.91 Å². The molecule has 38 heavy (non-hydrogen) atoms. The van der Waals surface area contributed by atoms with Crippen LogP contribution in [0.15, 0.2) is 60.0 Å². The molecule has 3 aromatic rings. The molecule has 202 valence electrons. The summed E-state index contributed by atoms with van der Waals surface area (Å²) in [6, 6.07) is 17.7. The summed E-state index contributed by atoms with van der Waals surface area (Å²) in [4.78, 5) is 32.3. The number of hydrogen-bond donors (Lipinski definition) is 0. The Hall–Kier alpha value is -3.12. The smallest absolute Gasteiger partial charge is 0.254 e. The number of fused-ring (bicyclic) bond motifs is 1. The molecule has 0 fully saturated rings. The summed E-state index contributed by atoms with van der Waals surface area (Å²) >= 11 is 1.74. The van der Waals surface area contributed by atoms with Crippen molar-refractivity contribution in [3.63, 3.8) is 0 Å². The third-order valence-corrected chi connectivity index (χ3v) is 8.51. The summed E-state index contributed by atoms with van der Waals surface area (Å²) in [6.45, 7) is 12.2. The van der Waals surface area contributed by atoms with Crippen molar-refractivity contribution >= 4 is 23.2 Å². The third kappa shape index (κ3) is 6.65. The van der Waals surface area contributed by atoms with E-state index in [1.54, 1.807) is 16.2 Å². The number of amides is 2. The molecule has 2 amide bonds. The number of benzene rings is 2. The maximum atomic E-state index is 13.8. The van der Waals surface area contributed by atoms with Gasteiger partial charge in [-0.25, -0.2) is 0 Å². The van der Waals surface area contributed by atoms with Gasteiger partial charge in [-0.05, 0) is 72.0 Å². The van der Waals surface area contributed by atoms with Gasteiger partial charge in [-0.3, -0.25) is 9.59 Å². The Morgan fingerprint density at radius 1 is 1.05 bits per heavy atom. The minimum Gasteiger partial charge on any atom is -0.491 e. The van der Waals surface area contributed by atoms with E-state index in [2.05, 4.69) is 51.3 Å². The van der Waals surface area contributed by atoms with Crippen LogP contribution in [0.3, 0.4) is 0 Å². The fourth-order valence-electron chi connectivity index (χ4n) is 4.86. The molecule has 0 bridgehead atoms. The summed E-state index contributed by atoms with van der Waals surface area (Å²) in [5.74, 6) is 1.44. The SMILES string of the molecule is CC[C@H](C)CN(CC(=O)N1CCc2sccc2[C@H]1COc1ccc(C(C)C)cc1)C(=O)c1ccc(C)cc1. The molecule has 0 radical (unpaired) electrons. The first-order valence-corrected chi connectivity index (χ1v) is 14.6. The van der Waals surface area contributed by atoms with Crippen LogP contribution in [0.25, 0.3) is 0 Å². The van der Waals surface area contributed by atoms with E-state index in [0.717, 1.165) is 29.7 Å². The first-order valence-electron chi connectivity index (χ1n) is 13.7. The maximum absolute atomic E-state index is 13.8. The number of carbonyl (C=O) groups is 2. The number of aryl methyl sites for hydroxylation is 1. The van der Waals surface area contributed by atoms with Crippen LogP contribution < -0.4 is 4.74 Å². The summed E-state index contributed by atoms with van der Waals surface area (Å²) in [5, 5.41) is 2.10. The van der Waals surface area contributed by atoms with Crippen molar-refractivity contribution in [3.05, 3.63) is 87.1 Å². The van der Waals surface area contributed by atoms with E-state index in [1.807, 2.05) is 48.2 Å². The van der Waals surface area contributed by atoms with Gasteiger partial charge in [0, 0.05) is 23.5 Å². The third-order valence-electron chi connectivity index (χ3n) is 7.51. The lowest BCUT2D eigenvalue weighted by molar-refractivity contribution is -0.135. The average Bonchev–Trinajstić information content (AvgIpc) is 3.40. The zero-order chi connectivity index (χ0) is 27.2. The highest BCUT2D eigenvalue weighted by Crippen LogP contribution is 2.34. The Morgan fingerprint density at radius 2 is 1.76 bits per heavy atom. The normalized spacial score (nSPS) is 15.7. The standard InChI is InChI=1S/C32H40N2O3S/c1-6-23(4)19-33(32(36)26-9-7-24(5)8-10-26)20-31(35)34-17-15-30-28(16-18-38-30)29(34)21-37-27-13-11-25(12-14-27)22(2)3/h7-14,16,18,22-23,29H,6,15,17,19-21H2,1-5H3/t23-,29+/m0/s1. The minimum atomic E-state index is -0.179. The molecule has 2 aromatic carbocycles. The van der Waals surface area contributed by atoms with Gasteiger partial charge in [0.05, 0.1) is 6.04 Å². The summed E-state index contributed by atoms with van der Waals surface area (Å²) in [5.41, 5.74) is 4.15. The monoisotopic (exact) mass is 532 g/mol. The lowest BCUT2D eigenvalue weighted by Crippen LogP contribution is -2.48. The van der Waals surface area contributed by atoms with Gasteiger partial charge in [0.15, 0.2) is 0 Å². The molecule has 0 spiro atoms. The predicted molar refractivity (Wildman–Crippen MR) is 155 cm³/mol. The predicted octanol–water partition coefficient (Wildman–Crippen LogP) is 6.87. The molecule has 0 saturated carbocycles. The Kier molecular flexibility index (Phi) is 9.26. The van der Waals surface area contributed by atoms with Gasteiger partial charge in [0.2, 0.25) is 5.91 Å². The van der Waals surface area contributed by atoms with Crippen molar-refractivity contribution in [1.82, 2.24) is 9.80 Å². The molecule has 1 aliphatic rings. The molecule has 0 saturated heterocycles. The van der Waals surface area contributed by atoms with Gasteiger partial charge in [-0.15, -0.1) is 11.3 Å². The van der Waals surface area contributed by atoms with Crippen molar-refractivity contribution in [1.29, 1.82) is 0 Å². The number of nitrogens with zero attached hydrogens (tertiary/aromatic N) is 2. The lowest BCUT2D eigenvalue weighted by atomic mass is 10.00. The molecule has 1 aliphatic heterocycles. The highest BCUT2D eigenvalue weighted by molar-refractivity contribution is 7.10. The fraction of sp³-hybridized carbons (Fsp3) is 0.438. The van der Waals surface area contributed by atoms with Crippen molar-refractivity contribution in [3.8, 4) is 5.75 Å². The average molecular weight is 533 g/mol. The molecule has 0 unspecified atom stereocenters.